The van der Waals surface area contributed by atoms with Gasteiger partial charge in [0.15, 0.2) is 0 Å². The molecule has 0 heterocycles. The van der Waals surface area contributed by atoms with Gasteiger partial charge in [-0.05, 0) is 18.9 Å². The zero-order valence-electron chi connectivity index (χ0n) is 8.96. The van der Waals surface area contributed by atoms with Crippen molar-refractivity contribution in [3.63, 3.8) is 0 Å². The zero-order chi connectivity index (χ0) is 12.5. The van der Waals surface area contributed by atoms with Crippen LogP contribution in [0.1, 0.15) is 24.0 Å². The number of benzene rings is 1. The lowest BCUT2D eigenvalue weighted by Gasteiger charge is -2.13. The Bertz CT molecular complexity index is 436. The second-order valence-electron chi connectivity index (χ2n) is 3.90. The predicted octanol–water partition coefficient (Wildman–Crippen LogP) is 2.08. The minimum absolute atomic E-state index is 0.00519. The van der Waals surface area contributed by atoms with Crippen LogP contribution in [0.4, 0.5) is 13.2 Å². The minimum atomic E-state index is -4.40. The fourth-order valence-corrected chi connectivity index (χ4v) is 1.51. The number of halogens is 3. The number of aliphatic imine (C=N–C) groups is 1. The van der Waals surface area contributed by atoms with Gasteiger partial charge in [-0.15, -0.1) is 0 Å². The van der Waals surface area contributed by atoms with Gasteiger partial charge in [0.2, 0.25) is 0 Å². The van der Waals surface area contributed by atoms with Crippen LogP contribution in [0.25, 0.3) is 0 Å². The van der Waals surface area contributed by atoms with Crippen LogP contribution in [0.2, 0.25) is 0 Å². The van der Waals surface area contributed by atoms with Crippen molar-refractivity contribution in [3.05, 3.63) is 35.4 Å². The Kier molecular flexibility index (Phi) is 3.06. The molecule has 17 heavy (non-hydrogen) atoms. The Morgan fingerprint density at radius 1 is 1.29 bits per heavy atom. The quantitative estimate of drug-likeness (QED) is 0.361. The van der Waals surface area contributed by atoms with E-state index >= 15 is 0 Å². The Labute approximate surface area is 96.5 Å². The number of nitrogens with zero attached hydrogens (tertiary/aromatic N) is 1. The van der Waals surface area contributed by atoms with E-state index in [0.29, 0.717) is 0 Å². The van der Waals surface area contributed by atoms with Gasteiger partial charge in [0.25, 0.3) is 0 Å². The van der Waals surface area contributed by atoms with Crippen molar-refractivity contribution < 1.29 is 13.2 Å². The van der Waals surface area contributed by atoms with Crippen LogP contribution in [0.15, 0.2) is 29.3 Å². The largest absolute Gasteiger partial charge is 0.417 e. The van der Waals surface area contributed by atoms with Crippen molar-refractivity contribution in [3.8, 4) is 0 Å². The molecule has 2 rings (SSSR count). The zero-order valence-corrected chi connectivity index (χ0v) is 8.96. The van der Waals surface area contributed by atoms with Gasteiger partial charge in [-0.3, -0.25) is 4.99 Å². The third-order valence-electron chi connectivity index (χ3n) is 2.48. The Hall–Kier alpha value is -1.56. The summed E-state index contributed by atoms with van der Waals surface area (Å²) in [5.41, 5.74) is 1.52. The van der Waals surface area contributed by atoms with Crippen molar-refractivity contribution in [2.24, 2.45) is 10.8 Å². The van der Waals surface area contributed by atoms with Gasteiger partial charge in [-0.2, -0.15) is 13.2 Å². The Morgan fingerprint density at radius 2 is 1.94 bits per heavy atom. The van der Waals surface area contributed by atoms with Crippen molar-refractivity contribution in [1.29, 1.82) is 0 Å². The first-order chi connectivity index (χ1) is 8.02. The first-order valence-corrected chi connectivity index (χ1v) is 5.23. The van der Waals surface area contributed by atoms with Crippen molar-refractivity contribution in [2.75, 3.05) is 0 Å². The summed E-state index contributed by atoms with van der Waals surface area (Å²) in [4.78, 5) is 4.13. The molecule has 1 aliphatic rings. The number of nitrogens with one attached hydrogen (secondary N) is 1. The van der Waals surface area contributed by atoms with Gasteiger partial charge >= 0.3 is 6.18 Å². The Balaban J connectivity index is 2.42. The van der Waals surface area contributed by atoms with E-state index in [1.165, 1.54) is 18.2 Å². The summed E-state index contributed by atoms with van der Waals surface area (Å²) in [6, 6.07) is 5.36. The maximum Gasteiger partial charge on any atom is 0.417 e. The first-order valence-electron chi connectivity index (χ1n) is 5.23. The number of hydrogen-bond acceptors (Lipinski definition) is 2. The second kappa shape index (κ2) is 4.37. The molecule has 0 atom stereocenters. The average Bonchev–Trinajstić information content (AvgIpc) is 3.08. The molecule has 1 aliphatic carbocycles. The molecule has 1 aromatic carbocycles. The number of amidine groups is 1. The monoisotopic (exact) mass is 243 g/mol. The lowest BCUT2D eigenvalue weighted by atomic mass is 10.1. The summed E-state index contributed by atoms with van der Waals surface area (Å²) in [7, 11) is 0. The van der Waals surface area contributed by atoms with Gasteiger partial charge in [-0.1, -0.05) is 18.2 Å². The molecular formula is C11H12F3N3. The fourth-order valence-electron chi connectivity index (χ4n) is 1.51. The van der Waals surface area contributed by atoms with Gasteiger partial charge < -0.3 is 5.43 Å². The molecule has 0 amide bonds. The summed E-state index contributed by atoms with van der Waals surface area (Å²) in [6.07, 6.45) is -2.60. The maximum atomic E-state index is 12.8. The molecule has 1 fully saturated rings. The summed E-state index contributed by atoms with van der Waals surface area (Å²) in [6.45, 7) is 0. The highest BCUT2D eigenvalue weighted by atomic mass is 19.4. The number of hydrazine groups is 1. The highest BCUT2D eigenvalue weighted by Gasteiger charge is 2.34. The molecule has 1 aromatic rings. The van der Waals surface area contributed by atoms with Crippen LogP contribution in [0.3, 0.4) is 0 Å². The highest BCUT2D eigenvalue weighted by Crippen LogP contribution is 2.32. The number of hydrogen-bond donors (Lipinski definition) is 2. The van der Waals surface area contributed by atoms with Crippen LogP contribution in [-0.2, 0) is 6.18 Å². The van der Waals surface area contributed by atoms with E-state index in [-0.39, 0.29) is 17.4 Å². The highest BCUT2D eigenvalue weighted by molar-refractivity contribution is 6.00. The molecule has 0 unspecified atom stereocenters. The average molecular weight is 243 g/mol. The van der Waals surface area contributed by atoms with Crippen LogP contribution < -0.4 is 11.3 Å². The molecule has 0 aliphatic heterocycles. The third kappa shape index (κ3) is 2.76. The maximum absolute atomic E-state index is 12.8. The van der Waals surface area contributed by atoms with E-state index in [4.69, 9.17) is 5.84 Å². The molecule has 0 spiro atoms. The summed E-state index contributed by atoms with van der Waals surface area (Å²) >= 11 is 0. The van der Waals surface area contributed by atoms with E-state index in [0.717, 1.165) is 18.9 Å². The van der Waals surface area contributed by atoms with E-state index in [1.54, 1.807) is 0 Å². The van der Waals surface area contributed by atoms with E-state index in [1.807, 2.05) is 0 Å². The number of nitrogens with two attached hydrogens (primary N) is 1. The lowest BCUT2D eigenvalue weighted by molar-refractivity contribution is -0.137. The molecule has 6 heteroatoms. The molecule has 0 bridgehead atoms. The summed E-state index contributed by atoms with van der Waals surface area (Å²) < 4.78 is 38.3. The standard InChI is InChI=1S/C11H12F3N3/c12-11(13,14)9-4-2-1-3-8(9)10(17-15)16-7-5-6-7/h1-4,7H,5-6,15H2,(H,16,17). The summed E-state index contributed by atoms with van der Waals surface area (Å²) in [5.74, 6) is 5.34. The molecule has 3 N–H and O–H groups in total. The van der Waals surface area contributed by atoms with Gasteiger partial charge in [-0.25, -0.2) is 5.84 Å². The van der Waals surface area contributed by atoms with Crippen LogP contribution >= 0.6 is 0 Å². The molecule has 3 nitrogen and oxygen atoms in total. The van der Waals surface area contributed by atoms with Crippen LogP contribution in [0.5, 0.6) is 0 Å². The summed E-state index contributed by atoms with van der Waals surface area (Å²) in [5, 5.41) is 0. The predicted molar refractivity (Wildman–Crippen MR) is 58.3 cm³/mol. The number of alkyl halides is 3. The minimum Gasteiger partial charge on any atom is -0.308 e. The molecule has 0 saturated heterocycles. The van der Waals surface area contributed by atoms with Crippen molar-refractivity contribution in [1.82, 2.24) is 5.43 Å². The van der Waals surface area contributed by atoms with Gasteiger partial charge in [0, 0.05) is 5.56 Å². The van der Waals surface area contributed by atoms with Gasteiger partial charge in [0.05, 0.1) is 11.6 Å². The number of rotatable bonds is 2. The van der Waals surface area contributed by atoms with Crippen molar-refractivity contribution in [2.45, 2.75) is 25.1 Å². The van der Waals surface area contributed by atoms with E-state index in [2.05, 4.69) is 10.4 Å². The van der Waals surface area contributed by atoms with E-state index < -0.39 is 11.7 Å². The Morgan fingerprint density at radius 3 is 2.47 bits per heavy atom. The molecular weight excluding hydrogens is 231 g/mol. The van der Waals surface area contributed by atoms with Gasteiger partial charge in [0.1, 0.15) is 5.84 Å². The molecule has 92 valence electrons. The third-order valence-corrected chi connectivity index (χ3v) is 2.48. The normalized spacial score (nSPS) is 17.1. The fraction of sp³-hybridized carbons (Fsp3) is 0.364. The van der Waals surface area contributed by atoms with Crippen LogP contribution in [0, 0.1) is 0 Å². The van der Waals surface area contributed by atoms with Crippen LogP contribution in [-0.4, -0.2) is 11.9 Å². The molecule has 1 saturated carbocycles. The first kappa shape index (κ1) is 11.9. The smallest absolute Gasteiger partial charge is 0.308 e. The SMILES string of the molecule is NNC(=NC1CC1)c1ccccc1C(F)(F)F. The molecule has 0 aromatic heterocycles. The lowest BCUT2D eigenvalue weighted by Crippen LogP contribution is -2.33. The molecule has 0 radical (unpaired) electrons. The second-order valence-corrected chi connectivity index (χ2v) is 3.90. The van der Waals surface area contributed by atoms with E-state index in [9.17, 15) is 13.2 Å². The topological polar surface area (TPSA) is 50.4 Å². The van der Waals surface area contributed by atoms with Crippen molar-refractivity contribution >= 4 is 5.84 Å².